The molecular weight excluding hydrogens is 276 g/mol. The Balaban J connectivity index is 1.98. The molecule has 108 valence electrons. The SMILES string of the molecule is CC(NCCS(N)(=O)=O)c1cnn(-c2ccccc2)c1. The maximum Gasteiger partial charge on any atom is 0.210 e. The first-order valence-corrected chi connectivity index (χ1v) is 8.01. The number of benzene rings is 1. The summed E-state index contributed by atoms with van der Waals surface area (Å²) in [5, 5.41) is 12.4. The molecule has 0 aliphatic carbocycles. The Hall–Kier alpha value is -1.70. The van der Waals surface area contributed by atoms with Gasteiger partial charge in [0.2, 0.25) is 10.0 Å². The molecule has 0 spiro atoms. The van der Waals surface area contributed by atoms with Crippen LogP contribution < -0.4 is 10.5 Å². The Bertz CT molecular complexity index is 652. The zero-order valence-electron chi connectivity index (χ0n) is 11.2. The standard InChI is InChI=1S/C13H18N4O2S/c1-11(15-7-8-20(14,18)19)12-9-16-17(10-12)13-5-3-2-4-6-13/h2-6,9-11,15H,7-8H2,1H3,(H2,14,18,19). The highest BCUT2D eigenvalue weighted by Gasteiger charge is 2.10. The van der Waals surface area contributed by atoms with Gasteiger partial charge in [-0.15, -0.1) is 0 Å². The number of primary sulfonamides is 1. The fourth-order valence-electron chi connectivity index (χ4n) is 1.82. The van der Waals surface area contributed by atoms with Gasteiger partial charge in [-0.3, -0.25) is 0 Å². The molecule has 1 heterocycles. The van der Waals surface area contributed by atoms with Crippen LogP contribution in [0.4, 0.5) is 0 Å². The first-order chi connectivity index (χ1) is 9.46. The quantitative estimate of drug-likeness (QED) is 0.825. The van der Waals surface area contributed by atoms with Crippen molar-refractivity contribution in [2.24, 2.45) is 5.14 Å². The molecule has 0 aliphatic rings. The van der Waals surface area contributed by atoms with E-state index in [1.165, 1.54) is 0 Å². The Morgan fingerprint density at radius 3 is 2.70 bits per heavy atom. The molecule has 0 bridgehead atoms. The third-order valence-electron chi connectivity index (χ3n) is 2.96. The van der Waals surface area contributed by atoms with Crippen LogP contribution in [-0.2, 0) is 10.0 Å². The first kappa shape index (κ1) is 14.7. The van der Waals surface area contributed by atoms with Crippen LogP contribution in [0.5, 0.6) is 0 Å². The topological polar surface area (TPSA) is 90.0 Å². The molecule has 1 aromatic carbocycles. The van der Waals surface area contributed by atoms with E-state index in [0.717, 1.165) is 11.3 Å². The van der Waals surface area contributed by atoms with Gasteiger partial charge in [0.25, 0.3) is 0 Å². The van der Waals surface area contributed by atoms with E-state index in [1.807, 2.05) is 43.5 Å². The number of sulfonamides is 1. The van der Waals surface area contributed by atoms with Gasteiger partial charge in [0.15, 0.2) is 0 Å². The number of para-hydroxylation sites is 1. The molecule has 1 unspecified atom stereocenters. The highest BCUT2D eigenvalue weighted by Crippen LogP contribution is 2.13. The van der Waals surface area contributed by atoms with Gasteiger partial charge < -0.3 is 5.32 Å². The first-order valence-electron chi connectivity index (χ1n) is 6.29. The minimum absolute atomic E-state index is 0.00853. The van der Waals surface area contributed by atoms with Gasteiger partial charge in [0, 0.05) is 24.3 Å². The van der Waals surface area contributed by atoms with Crippen molar-refractivity contribution in [3.63, 3.8) is 0 Å². The van der Waals surface area contributed by atoms with Crippen molar-refractivity contribution < 1.29 is 8.42 Å². The lowest BCUT2D eigenvalue weighted by atomic mass is 10.2. The normalized spacial score (nSPS) is 13.3. The second-order valence-electron chi connectivity index (χ2n) is 4.60. The summed E-state index contributed by atoms with van der Waals surface area (Å²) < 4.78 is 23.5. The summed E-state index contributed by atoms with van der Waals surface area (Å²) in [4.78, 5) is 0. The molecule has 2 rings (SSSR count). The molecule has 20 heavy (non-hydrogen) atoms. The van der Waals surface area contributed by atoms with E-state index in [9.17, 15) is 8.42 Å². The van der Waals surface area contributed by atoms with Crippen LogP contribution in [0.2, 0.25) is 0 Å². The zero-order valence-corrected chi connectivity index (χ0v) is 12.0. The fourth-order valence-corrected chi connectivity index (χ4v) is 2.22. The average molecular weight is 294 g/mol. The Kier molecular flexibility index (Phi) is 4.53. The minimum Gasteiger partial charge on any atom is -0.309 e. The van der Waals surface area contributed by atoms with E-state index in [0.29, 0.717) is 6.54 Å². The van der Waals surface area contributed by atoms with Gasteiger partial charge in [-0.05, 0) is 19.1 Å². The van der Waals surface area contributed by atoms with Crippen molar-refractivity contribution in [3.05, 3.63) is 48.3 Å². The summed E-state index contributed by atoms with van der Waals surface area (Å²) >= 11 is 0. The van der Waals surface area contributed by atoms with Crippen molar-refractivity contribution >= 4 is 10.0 Å². The number of nitrogens with two attached hydrogens (primary N) is 1. The molecule has 6 nitrogen and oxygen atoms in total. The predicted molar refractivity (Wildman–Crippen MR) is 78.0 cm³/mol. The molecular formula is C13H18N4O2S. The number of aromatic nitrogens is 2. The van der Waals surface area contributed by atoms with Gasteiger partial charge in [-0.1, -0.05) is 18.2 Å². The van der Waals surface area contributed by atoms with Crippen molar-refractivity contribution in [1.82, 2.24) is 15.1 Å². The van der Waals surface area contributed by atoms with Gasteiger partial charge in [0.05, 0.1) is 17.6 Å². The molecule has 0 amide bonds. The second kappa shape index (κ2) is 6.17. The van der Waals surface area contributed by atoms with Crippen molar-refractivity contribution in [1.29, 1.82) is 0 Å². The molecule has 7 heteroatoms. The molecule has 0 aliphatic heterocycles. The van der Waals surface area contributed by atoms with Crippen LogP contribution in [0.1, 0.15) is 18.5 Å². The lowest BCUT2D eigenvalue weighted by Gasteiger charge is -2.11. The number of hydrogen-bond acceptors (Lipinski definition) is 4. The highest BCUT2D eigenvalue weighted by atomic mass is 32.2. The highest BCUT2D eigenvalue weighted by molar-refractivity contribution is 7.89. The number of rotatable bonds is 6. The van der Waals surface area contributed by atoms with Crippen LogP contribution in [-0.4, -0.2) is 30.5 Å². The Labute approximate surface area is 118 Å². The monoisotopic (exact) mass is 294 g/mol. The summed E-state index contributed by atoms with van der Waals surface area (Å²) in [6.45, 7) is 2.27. The number of hydrogen-bond donors (Lipinski definition) is 2. The fraction of sp³-hybridized carbons (Fsp3) is 0.308. The smallest absolute Gasteiger partial charge is 0.210 e. The van der Waals surface area contributed by atoms with E-state index < -0.39 is 10.0 Å². The molecule has 1 aromatic heterocycles. The third-order valence-corrected chi connectivity index (χ3v) is 3.73. The summed E-state index contributed by atoms with van der Waals surface area (Å²) in [6, 6.07) is 9.79. The largest absolute Gasteiger partial charge is 0.309 e. The van der Waals surface area contributed by atoms with Gasteiger partial charge >= 0.3 is 0 Å². The molecule has 3 N–H and O–H groups in total. The van der Waals surface area contributed by atoms with Crippen molar-refractivity contribution in [2.45, 2.75) is 13.0 Å². The molecule has 0 radical (unpaired) electrons. The van der Waals surface area contributed by atoms with Crippen LogP contribution in [0.25, 0.3) is 5.69 Å². The second-order valence-corrected chi connectivity index (χ2v) is 6.33. The van der Waals surface area contributed by atoms with E-state index >= 15 is 0 Å². The summed E-state index contributed by atoms with van der Waals surface area (Å²) in [7, 11) is -3.42. The molecule has 1 atom stereocenters. The molecule has 0 saturated heterocycles. The molecule has 0 fully saturated rings. The summed E-state index contributed by atoms with van der Waals surface area (Å²) in [5.41, 5.74) is 1.97. The van der Waals surface area contributed by atoms with E-state index in [-0.39, 0.29) is 11.8 Å². The lowest BCUT2D eigenvalue weighted by molar-refractivity contribution is 0.573. The van der Waals surface area contributed by atoms with Crippen molar-refractivity contribution in [2.75, 3.05) is 12.3 Å². The zero-order chi connectivity index (χ0) is 14.6. The van der Waals surface area contributed by atoms with Gasteiger partial charge in [-0.25, -0.2) is 18.2 Å². The summed E-state index contributed by atoms with van der Waals surface area (Å²) in [5.74, 6) is -0.0792. The maximum atomic E-state index is 10.9. The molecule has 2 aromatic rings. The van der Waals surface area contributed by atoms with Crippen LogP contribution in [0, 0.1) is 0 Å². The number of nitrogens with one attached hydrogen (secondary N) is 1. The van der Waals surface area contributed by atoms with E-state index in [2.05, 4.69) is 10.4 Å². The van der Waals surface area contributed by atoms with Crippen LogP contribution >= 0.6 is 0 Å². The van der Waals surface area contributed by atoms with E-state index in [1.54, 1.807) is 10.9 Å². The maximum absolute atomic E-state index is 10.9. The lowest BCUT2D eigenvalue weighted by Crippen LogP contribution is -2.28. The molecule has 0 saturated carbocycles. The predicted octanol–water partition coefficient (Wildman–Crippen LogP) is 0.811. The average Bonchev–Trinajstić information content (AvgIpc) is 2.88. The summed E-state index contributed by atoms with van der Waals surface area (Å²) in [6.07, 6.45) is 3.69. The van der Waals surface area contributed by atoms with Crippen LogP contribution in [0.3, 0.4) is 0 Å². The third kappa shape index (κ3) is 4.16. The van der Waals surface area contributed by atoms with Gasteiger partial charge in [-0.2, -0.15) is 5.10 Å². The Morgan fingerprint density at radius 1 is 1.35 bits per heavy atom. The van der Waals surface area contributed by atoms with E-state index in [4.69, 9.17) is 5.14 Å². The minimum atomic E-state index is -3.42. The van der Waals surface area contributed by atoms with Crippen molar-refractivity contribution in [3.8, 4) is 5.69 Å². The van der Waals surface area contributed by atoms with Crippen LogP contribution in [0.15, 0.2) is 42.7 Å². The Morgan fingerprint density at radius 2 is 2.05 bits per heavy atom. The van der Waals surface area contributed by atoms with Gasteiger partial charge in [0.1, 0.15) is 0 Å². The number of nitrogens with zero attached hydrogens (tertiary/aromatic N) is 2.